The van der Waals surface area contributed by atoms with Crippen LogP contribution in [-0.2, 0) is 9.53 Å². The number of hydrogen-bond donors (Lipinski definition) is 1. The molecule has 2 N–H and O–H groups in total. The number of amides is 1. The van der Waals surface area contributed by atoms with Crippen LogP contribution in [0, 0.1) is 11.8 Å². The molecule has 17 heavy (non-hydrogen) atoms. The van der Waals surface area contributed by atoms with Gasteiger partial charge >= 0.3 is 0 Å². The second-order valence-corrected chi connectivity index (χ2v) is 5.59. The van der Waals surface area contributed by atoms with Crippen molar-refractivity contribution in [2.24, 2.45) is 17.6 Å². The first kappa shape index (κ1) is 12.8. The topological polar surface area (TPSA) is 55.6 Å². The zero-order valence-electron chi connectivity index (χ0n) is 10.9. The maximum atomic E-state index is 12.4. The minimum atomic E-state index is -0.130. The van der Waals surface area contributed by atoms with Gasteiger partial charge < -0.3 is 15.4 Å². The molecule has 2 aliphatic rings. The highest BCUT2D eigenvalue weighted by Crippen LogP contribution is 2.28. The van der Waals surface area contributed by atoms with E-state index in [2.05, 4.69) is 6.92 Å². The summed E-state index contributed by atoms with van der Waals surface area (Å²) in [6.45, 7) is 3.26. The molecule has 0 radical (unpaired) electrons. The number of ether oxygens (including phenoxy) is 1. The van der Waals surface area contributed by atoms with E-state index >= 15 is 0 Å². The van der Waals surface area contributed by atoms with Crippen LogP contribution in [0.25, 0.3) is 0 Å². The molecule has 0 bridgehead atoms. The van der Waals surface area contributed by atoms with Crippen molar-refractivity contribution in [1.29, 1.82) is 0 Å². The Kier molecular flexibility index (Phi) is 4.05. The van der Waals surface area contributed by atoms with Crippen molar-refractivity contribution in [3.8, 4) is 0 Å². The zero-order chi connectivity index (χ0) is 12.4. The Labute approximate surface area is 103 Å². The monoisotopic (exact) mass is 240 g/mol. The number of carbonyl (C=O) groups excluding carboxylic acids is 1. The quantitative estimate of drug-likeness (QED) is 0.783. The van der Waals surface area contributed by atoms with Crippen LogP contribution < -0.4 is 5.73 Å². The second kappa shape index (κ2) is 5.36. The Morgan fingerprint density at radius 3 is 2.59 bits per heavy atom. The molecule has 1 heterocycles. The molecular weight excluding hydrogens is 216 g/mol. The number of hydrogen-bond acceptors (Lipinski definition) is 3. The summed E-state index contributed by atoms with van der Waals surface area (Å²) in [5, 5.41) is 0. The largest absolute Gasteiger partial charge is 0.379 e. The lowest BCUT2D eigenvalue weighted by molar-refractivity contribution is -0.138. The summed E-state index contributed by atoms with van der Waals surface area (Å²) in [4.78, 5) is 14.3. The predicted octanol–water partition coefficient (Wildman–Crippen LogP) is 0.997. The van der Waals surface area contributed by atoms with Gasteiger partial charge in [-0.2, -0.15) is 0 Å². The lowest BCUT2D eigenvalue weighted by Gasteiger charge is -2.37. The van der Waals surface area contributed by atoms with Crippen molar-refractivity contribution in [3.05, 3.63) is 0 Å². The summed E-state index contributed by atoms with van der Waals surface area (Å²) in [6.07, 6.45) is 4.90. The lowest BCUT2D eigenvalue weighted by Crippen LogP contribution is -2.48. The van der Waals surface area contributed by atoms with Crippen LogP contribution >= 0.6 is 0 Å². The van der Waals surface area contributed by atoms with E-state index in [-0.39, 0.29) is 17.9 Å². The Bertz CT molecular complexity index is 283. The number of rotatable bonds is 2. The molecule has 4 atom stereocenters. The van der Waals surface area contributed by atoms with E-state index in [9.17, 15) is 4.79 Å². The highest BCUT2D eigenvalue weighted by Gasteiger charge is 2.37. The van der Waals surface area contributed by atoms with Crippen molar-refractivity contribution in [2.45, 2.75) is 44.7 Å². The van der Waals surface area contributed by atoms with Crippen LogP contribution in [0.2, 0.25) is 0 Å². The van der Waals surface area contributed by atoms with Crippen LogP contribution in [0.1, 0.15) is 32.6 Å². The fraction of sp³-hybridized carbons (Fsp3) is 0.923. The molecule has 1 aliphatic carbocycles. The molecule has 2 rings (SSSR count). The molecule has 0 aromatic rings. The van der Waals surface area contributed by atoms with Crippen LogP contribution in [0.15, 0.2) is 0 Å². The van der Waals surface area contributed by atoms with Gasteiger partial charge in [-0.25, -0.2) is 0 Å². The standard InChI is InChI=1S/C13H24N2O2/c1-9-5-3-4-6-12(9)15(2)13(16)10-7-17-8-11(10)14/h9-12H,3-8,14H2,1-2H3. The highest BCUT2D eigenvalue weighted by atomic mass is 16.5. The molecule has 0 aromatic heterocycles. The molecule has 1 amide bonds. The van der Waals surface area contributed by atoms with Gasteiger partial charge in [-0.15, -0.1) is 0 Å². The molecule has 1 aliphatic heterocycles. The summed E-state index contributed by atoms with van der Waals surface area (Å²) >= 11 is 0. The molecule has 0 aromatic carbocycles. The summed E-state index contributed by atoms with van der Waals surface area (Å²) in [7, 11) is 1.93. The van der Waals surface area contributed by atoms with Crippen LogP contribution in [-0.4, -0.2) is 43.2 Å². The number of nitrogens with zero attached hydrogens (tertiary/aromatic N) is 1. The van der Waals surface area contributed by atoms with E-state index in [1.807, 2.05) is 11.9 Å². The van der Waals surface area contributed by atoms with Gasteiger partial charge in [-0.1, -0.05) is 19.8 Å². The Morgan fingerprint density at radius 1 is 1.29 bits per heavy atom. The number of nitrogens with two attached hydrogens (primary N) is 1. The summed E-state index contributed by atoms with van der Waals surface area (Å²) < 4.78 is 5.28. The van der Waals surface area contributed by atoms with Crippen LogP contribution in [0.4, 0.5) is 0 Å². The van der Waals surface area contributed by atoms with Gasteiger partial charge in [0.05, 0.1) is 19.1 Å². The molecule has 4 unspecified atom stereocenters. The van der Waals surface area contributed by atoms with Gasteiger partial charge in [0.25, 0.3) is 0 Å². The molecule has 2 fully saturated rings. The van der Waals surface area contributed by atoms with Crippen LogP contribution in [0.5, 0.6) is 0 Å². The number of carbonyl (C=O) groups is 1. The fourth-order valence-corrected chi connectivity index (χ4v) is 3.12. The molecule has 4 heteroatoms. The van der Waals surface area contributed by atoms with Gasteiger partial charge in [-0.3, -0.25) is 4.79 Å². The fourth-order valence-electron chi connectivity index (χ4n) is 3.12. The van der Waals surface area contributed by atoms with E-state index in [1.54, 1.807) is 0 Å². The summed E-state index contributed by atoms with van der Waals surface area (Å²) in [6, 6.07) is 0.271. The minimum absolute atomic E-state index is 0.121. The van der Waals surface area contributed by atoms with Gasteiger partial charge in [0, 0.05) is 19.1 Å². The third kappa shape index (κ3) is 2.63. The first-order valence-electron chi connectivity index (χ1n) is 6.71. The van der Waals surface area contributed by atoms with Gasteiger partial charge in [0.15, 0.2) is 0 Å². The highest BCUT2D eigenvalue weighted by molar-refractivity contribution is 5.80. The van der Waals surface area contributed by atoms with E-state index < -0.39 is 0 Å². The lowest BCUT2D eigenvalue weighted by atomic mass is 9.84. The second-order valence-electron chi connectivity index (χ2n) is 5.59. The Balaban J connectivity index is 1.98. The van der Waals surface area contributed by atoms with Crippen molar-refractivity contribution in [1.82, 2.24) is 4.90 Å². The van der Waals surface area contributed by atoms with Crippen LogP contribution in [0.3, 0.4) is 0 Å². The average molecular weight is 240 g/mol. The minimum Gasteiger partial charge on any atom is -0.379 e. The first-order chi connectivity index (χ1) is 8.11. The zero-order valence-corrected chi connectivity index (χ0v) is 10.9. The van der Waals surface area contributed by atoms with Gasteiger partial charge in [-0.05, 0) is 18.8 Å². The average Bonchev–Trinajstić information content (AvgIpc) is 2.74. The van der Waals surface area contributed by atoms with Crippen molar-refractivity contribution in [3.63, 3.8) is 0 Å². The van der Waals surface area contributed by atoms with Gasteiger partial charge in [0.2, 0.25) is 5.91 Å². The predicted molar refractivity (Wildman–Crippen MR) is 66.5 cm³/mol. The maximum absolute atomic E-state index is 12.4. The van der Waals surface area contributed by atoms with Gasteiger partial charge in [0.1, 0.15) is 0 Å². The normalized spacial score (nSPS) is 38.1. The molecule has 4 nitrogen and oxygen atoms in total. The molecule has 1 saturated carbocycles. The van der Waals surface area contributed by atoms with E-state index in [1.165, 1.54) is 19.3 Å². The summed E-state index contributed by atoms with van der Waals surface area (Å²) in [5.74, 6) is 0.652. The molecule has 1 saturated heterocycles. The maximum Gasteiger partial charge on any atom is 0.229 e. The Hall–Kier alpha value is -0.610. The molecule has 98 valence electrons. The molecular formula is C13H24N2O2. The van der Waals surface area contributed by atoms with E-state index in [0.29, 0.717) is 25.2 Å². The van der Waals surface area contributed by atoms with E-state index in [0.717, 1.165) is 6.42 Å². The third-order valence-corrected chi connectivity index (χ3v) is 4.35. The van der Waals surface area contributed by atoms with Crippen molar-refractivity contribution >= 4 is 5.91 Å². The first-order valence-corrected chi connectivity index (χ1v) is 6.71. The SMILES string of the molecule is CC1CCCCC1N(C)C(=O)C1COCC1N. The van der Waals surface area contributed by atoms with Crippen molar-refractivity contribution < 1.29 is 9.53 Å². The molecule has 0 spiro atoms. The van der Waals surface area contributed by atoms with Crippen molar-refractivity contribution in [2.75, 3.05) is 20.3 Å². The smallest absolute Gasteiger partial charge is 0.229 e. The van der Waals surface area contributed by atoms with E-state index in [4.69, 9.17) is 10.5 Å². The summed E-state index contributed by atoms with van der Waals surface area (Å²) in [5.41, 5.74) is 5.91. The Morgan fingerprint density at radius 2 is 2.00 bits per heavy atom. The third-order valence-electron chi connectivity index (χ3n) is 4.35.